The first kappa shape index (κ1) is 9.97. The summed E-state index contributed by atoms with van der Waals surface area (Å²) < 4.78 is 4.65. The molecular formula is C7H13NO2Si. The SMILES string of the molecule is C=CCN(CC=C)C(=O)O[SiH3]. The summed E-state index contributed by atoms with van der Waals surface area (Å²) >= 11 is 0. The van der Waals surface area contributed by atoms with Crippen molar-refractivity contribution in [3.63, 3.8) is 0 Å². The van der Waals surface area contributed by atoms with Crippen LogP contribution in [-0.4, -0.2) is 34.6 Å². The number of nitrogens with zero attached hydrogens (tertiary/aromatic N) is 1. The van der Waals surface area contributed by atoms with Gasteiger partial charge in [0.1, 0.15) is 0 Å². The molecule has 0 aliphatic heterocycles. The summed E-state index contributed by atoms with van der Waals surface area (Å²) in [5.41, 5.74) is 0. The van der Waals surface area contributed by atoms with Crippen molar-refractivity contribution in [2.75, 3.05) is 13.1 Å². The fraction of sp³-hybridized carbons (Fsp3) is 0.286. The second-order valence-corrected chi connectivity index (χ2v) is 2.36. The van der Waals surface area contributed by atoms with Crippen molar-refractivity contribution in [2.24, 2.45) is 0 Å². The number of hydrogen-bond acceptors (Lipinski definition) is 2. The highest BCUT2D eigenvalue weighted by atomic mass is 28.2. The average molecular weight is 171 g/mol. The Morgan fingerprint density at radius 2 is 1.91 bits per heavy atom. The molecule has 0 N–H and O–H groups in total. The van der Waals surface area contributed by atoms with E-state index in [1.807, 2.05) is 0 Å². The quantitative estimate of drug-likeness (QED) is 0.443. The third-order valence-corrected chi connectivity index (χ3v) is 1.48. The van der Waals surface area contributed by atoms with Crippen molar-refractivity contribution in [2.45, 2.75) is 0 Å². The zero-order valence-corrected chi connectivity index (χ0v) is 8.75. The molecule has 0 radical (unpaired) electrons. The molecule has 0 saturated carbocycles. The summed E-state index contributed by atoms with van der Waals surface area (Å²) in [5, 5.41) is 0. The van der Waals surface area contributed by atoms with Crippen LogP contribution in [0, 0.1) is 0 Å². The molecule has 3 nitrogen and oxygen atoms in total. The van der Waals surface area contributed by atoms with Crippen LogP contribution in [0.25, 0.3) is 0 Å². The van der Waals surface area contributed by atoms with Gasteiger partial charge in [0, 0.05) is 13.1 Å². The van der Waals surface area contributed by atoms with E-state index in [9.17, 15) is 4.79 Å². The normalized spacial score (nSPS) is 8.73. The summed E-state index contributed by atoms with van der Waals surface area (Å²) in [6.45, 7) is 8.07. The number of amides is 1. The van der Waals surface area contributed by atoms with E-state index in [2.05, 4.69) is 17.6 Å². The van der Waals surface area contributed by atoms with Crippen LogP contribution in [0.5, 0.6) is 0 Å². The van der Waals surface area contributed by atoms with E-state index in [1.54, 1.807) is 12.2 Å². The molecule has 0 aromatic heterocycles. The molecule has 0 heterocycles. The lowest BCUT2D eigenvalue weighted by Gasteiger charge is -2.17. The average Bonchev–Trinajstić information content (AvgIpc) is 2.03. The molecule has 0 aliphatic rings. The molecule has 0 saturated heterocycles. The number of hydrogen-bond donors (Lipinski definition) is 0. The Morgan fingerprint density at radius 3 is 2.18 bits per heavy atom. The lowest BCUT2D eigenvalue weighted by molar-refractivity contribution is 0.166. The minimum Gasteiger partial charge on any atom is -0.513 e. The van der Waals surface area contributed by atoms with E-state index in [0.717, 1.165) is 0 Å². The van der Waals surface area contributed by atoms with Gasteiger partial charge in [0.05, 0.1) is 0 Å². The summed E-state index contributed by atoms with van der Waals surface area (Å²) in [6, 6.07) is 0. The van der Waals surface area contributed by atoms with Gasteiger partial charge in [-0.25, -0.2) is 4.79 Å². The molecule has 0 aromatic carbocycles. The van der Waals surface area contributed by atoms with Gasteiger partial charge in [-0.15, -0.1) is 13.2 Å². The van der Waals surface area contributed by atoms with Crippen LogP contribution in [0.1, 0.15) is 0 Å². The van der Waals surface area contributed by atoms with Gasteiger partial charge in [0.25, 0.3) is 0 Å². The van der Waals surface area contributed by atoms with Gasteiger partial charge in [0.15, 0.2) is 0 Å². The zero-order valence-electron chi connectivity index (χ0n) is 6.75. The number of rotatable bonds is 4. The number of carbonyl (C=O) groups is 1. The van der Waals surface area contributed by atoms with Gasteiger partial charge >= 0.3 is 6.09 Å². The zero-order chi connectivity index (χ0) is 8.69. The highest BCUT2D eigenvalue weighted by Gasteiger charge is 2.07. The summed E-state index contributed by atoms with van der Waals surface area (Å²) in [5.74, 6) is 0. The lowest BCUT2D eigenvalue weighted by atomic mass is 10.5. The fourth-order valence-corrected chi connectivity index (χ4v) is 0.923. The molecule has 0 aliphatic carbocycles. The predicted molar refractivity (Wildman–Crippen MR) is 48.4 cm³/mol. The Balaban J connectivity index is 3.95. The molecule has 0 fully saturated rings. The van der Waals surface area contributed by atoms with Crippen molar-refractivity contribution in [1.29, 1.82) is 0 Å². The molecule has 0 bridgehead atoms. The van der Waals surface area contributed by atoms with Gasteiger partial charge in [-0.3, -0.25) is 0 Å². The van der Waals surface area contributed by atoms with Gasteiger partial charge in [-0.1, -0.05) is 12.2 Å². The monoisotopic (exact) mass is 171 g/mol. The Morgan fingerprint density at radius 1 is 1.45 bits per heavy atom. The molecule has 0 unspecified atom stereocenters. The van der Waals surface area contributed by atoms with Gasteiger partial charge in [-0.05, 0) is 0 Å². The molecule has 0 spiro atoms. The highest BCUT2D eigenvalue weighted by molar-refractivity contribution is 6.05. The summed E-state index contributed by atoms with van der Waals surface area (Å²) in [6.07, 6.45) is 3.01. The second kappa shape index (κ2) is 5.73. The van der Waals surface area contributed by atoms with E-state index in [1.165, 1.54) is 4.90 Å². The van der Waals surface area contributed by atoms with E-state index in [-0.39, 0.29) is 6.09 Å². The predicted octanol–water partition coefficient (Wildman–Crippen LogP) is 0.0774. The van der Waals surface area contributed by atoms with Crippen LogP contribution in [0.15, 0.2) is 25.3 Å². The first-order chi connectivity index (χ1) is 5.26. The molecule has 0 rings (SSSR count). The van der Waals surface area contributed by atoms with Crippen molar-refractivity contribution >= 4 is 16.6 Å². The van der Waals surface area contributed by atoms with E-state index in [4.69, 9.17) is 0 Å². The van der Waals surface area contributed by atoms with E-state index < -0.39 is 0 Å². The van der Waals surface area contributed by atoms with Crippen LogP contribution >= 0.6 is 0 Å². The standard InChI is InChI=1S/C7H13NO2Si/c1-3-5-8(6-4-2)7(9)10-11/h3-4H,1-2,5-6H2,11H3. The first-order valence-electron chi connectivity index (χ1n) is 3.31. The van der Waals surface area contributed by atoms with E-state index >= 15 is 0 Å². The van der Waals surface area contributed by atoms with Crippen molar-refractivity contribution in [3.05, 3.63) is 25.3 Å². The third-order valence-electron chi connectivity index (χ3n) is 1.13. The fourth-order valence-electron chi connectivity index (χ4n) is 0.664. The smallest absolute Gasteiger partial charge is 0.396 e. The summed E-state index contributed by atoms with van der Waals surface area (Å²) in [7, 11) is 0.425. The maximum absolute atomic E-state index is 10.9. The Kier molecular flexibility index (Phi) is 5.19. The molecular weight excluding hydrogens is 158 g/mol. The topological polar surface area (TPSA) is 29.5 Å². The lowest BCUT2D eigenvalue weighted by Crippen LogP contribution is -2.31. The van der Waals surface area contributed by atoms with Crippen LogP contribution in [0.2, 0.25) is 0 Å². The number of carbonyl (C=O) groups excluding carboxylic acids is 1. The minimum absolute atomic E-state index is 0.295. The van der Waals surface area contributed by atoms with Crippen molar-refractivity contribution < 1.29 is 9.22 Å². The maximum atomic E-state index is 10.9. The molecule has 0 atom stereocenters. The Hall–Kier alpha value is -1.03. The highest BCUT2D eigenvalue weighted by Crippen LogP contribution is 1.92. The molecule has 0 aromatic rings. The van der Waals surface area contributed by atoms with Crippen LogP contribution in [0.4, 0.5) is 4.79 Å². The van der Waals surface area contributed by atoms with Gasteiger partial charge in [-0.2, -0.15) is 0 Å². The van der Waals surface area contributed by atoms with Crippen LogP contribution in [-0.2, 0) is 4.43 Å². The van der Waals surface area contributed by atoms with Crippen molar-refractivity contribution in [3.8, 4) is 0 Å². The Labute approximate surface area is 69.9 Å². The molecule has 1 amide bonds. The van der Waals surface area contributed by atoms with Gasteiger partial charge in [0.2, 0.25) is 10.5 Å². The molecule has 4 heteroatoms. The van der Waals surface area contributed by atoms with Crippen molar-refractivity contribution in [1.82, 2.24) is 4.90 Å². The largest absolute Gasteiger partial charge is 0.513 e. The summed E-state index contributed by atoms with van der Waals surface area (Å²) in [4.78, 5) is 12.5. The molecule has 11 heavy (non-hydrogen) atoms. The van der Waals surface area contributed by atoms with Gasteiger partial charge < -0.3 is 9.33 Å². The maximum Gasteiger partial charge on any atom is 0.396 e. The molecule has 62 valence electrons. The third kappa shape index (κ3) is 3.62. The first-order valence-corrected chi connectivity index (χ1v) is 4.12. The van der Waals surface area contributed by atoms with E-state index in [0.29, 0.717) is 23.6 Å². The van der Waals surface area contributed by atoms with Crippen LogP contribution < -0.4 is 0 Å². The Bertz CT molecular complexity index is 149. The van der Waals surface area contributed by atoms with Crippen LogP contribution in [0.3, 0.4) is 0 Å². The minimum atomic E-state index is -0.295. The second-order valence-electron chi connectivity index (χ2n) is 1.95.